The van der Waals surface area contributed by atoms with Gasteiger partial charge in [0.2, 0.25) is 0 Å². The molecular formula is C19H19N5O. The van der Waals surface area contributed by atoms with Gasteiger partial charge < -0.3 is 10.6 Å². The maximum Gasteiger partial charge on any atom is 0.272 e. The van der Waals surface area contributed by atoms with Crippen molar-refractivity contribution in [2.45, 2.75) is 20.4 Å². The van der Waals surface area contributed by atoms with E-state index in [9.17, 15) is 4.79 Å². The van der Waals surface area contributed by atoms with Crippen LogP contribution in [0.5, 0.6) is 0 Å². The molecule has 3 rings (SSSR count). The monoisotopic (exact) mass is 333 g/mol. The average molecular weight is 333 g/mol. The van der Waals surface area contributed by atoms with Crippen molar-refractivity contribution in [2.75, 3.05) is 5.32 Å². The van der Waals surface area contributed by atoms with E-state index < -0.39 is 0 Å². The van der Waals surface area contributed by atoms with E-state index in [1.807, 2.05) is 31.2 Å². The summed E-state index contributed by atoms with van der Waals surface area (Å²) in [6, 6.07) is 13.2. The predicted molar refractivity (Wildman–Crippen MR) is 96.6 cm³/mol. The molecule has 0 atom stereocenters. The standard InChI is InChI=1S/C19H19N5O/c1-13-5-6-16(14(2)10-13)22-18-8-7-17(23-24-18)19(25)21-12-15-4-3-9-20-11-15/h3-11H,12H2,1-2H3,(H,21,25)(H,22,24). The lowest BCUT2D eigenvalue weighted by Crippen LogP contribution is -2.24. The fourth-order valence-electron chi connectivity index (χ4n) is 2.39. The fraction of sp³-hybridized carbons (Fsp3) is 0.158. The number of anilines is 2. The van der Waals surface area contributed by atoms with Gasteiger partial charge in [-0.3, -0.25) is 9.78 Å². The highest BCUT2D eigenvalue weighted by molar-refractivity contribution is 5.92. The van der Waals surface area contributed by atoms with E-state index in [2.05, 4.69) is 38.8 Å². The average Bonchev–Trinajstić information content (AvgIpc) is 2.63. The number of amides is 1. The van der Waals surface area contributed by atoms with Gasteiger partial charge in [-0.2, -0.15) is 0 Å². The maximum absolute atomic E-state index is 12.1. The molecule has 25 heavy (non-hydrogen) atoms. The number of carbonyl (C=O) groups is 1. The molecule has 1 amide bonds. The van der Waals surface area contributed by atoms with Crippen molar-refractivity contribution in [3.63, 3.8) is 0 Å². The molecule has 1 aromatic carbocycles. The van der Waals surface area contributed by atoms with E-state index in [0.29, 0.717) is 12.4 Å². The zero-order chi connectivity index (χ0) is 17.6. The molecule has 0 aliphatic heterocycles. The number of carbonyl (C=O) groups excluding carboxylic acids is 1. The Balaban J connectivity index is 1.62. The van der Waals surface area contributed by atoms with Gasteiger partial charge in [-0.25, -0.2) is 0 Å². The molecule has 0 unspecified atom stereocenters. The van der Waals surface area contributed by atoms with Crippen LogP contribution in [-0.2, 0) is 6.54 Å². The van der Waals surface area contributed by atoms with E-state index in [1.165, 1.54) is 5.56 Å². The smallest absolute Gasteiger partial charge is 0.272 e. The summed E-state index contributed by atoms with van der Waals surface area (Å²) in [5.41, 5.74) is 4.50. The molecule has 6 nitrogen and oxygen atoms in total. The molecule has 2 aromatic heterocycles. The predicted octanol–water partition coefficient (Wildman–Crippen LogP) is 3.16. The number of benzene rings is 1. The summed E-state index contributed by atoms with van der Waals surface area (Å²) in [7, 11) is 0. The summed E-state index contributed by atoms with van der Waals surface area (Å²) in [6.07, 6.45) is 3.40. The minimum absolute atomic E-state index is 0.269. The summed E-state index contributed by atoms with van der Waals surface area (Å²) >= 11 is 0. The quantitative estimate of drug-likeness (QED) is 0.750. The highest BCUT2D eigenvalue weighted by Gasteiger charge is 2.08. The van der Waals surface area contributed by atoms with E-state index >= 15 is 0 Å². The van der Waals surface area contributed by atoms with Crippen molar-refractivity contribution in [3.8, 4) is 0 Å². The Labute approximate surface area is 146 Å². The van der Waals surface area contributed by atoms with Gasteiger partial charge in [0.1, 0.15) is 0 Å². The van der Waals surface area contributed by atoms with Gasteiger partial charge in [-0.05, 0) is 49.2 Å². The molecule has 0 bridgehead atoms. The number of pyridine rings is 1. The van der Waals surface area contributed by atoms with Gasteiger partial charge >= 0.3 is 0 Å². The molecule has 0 aliphatic carbocycles. The van der Waals surface area contributed by atoms with Crippen LogP contribution in [0.2, 0.25) is 0 Å². The fourth-order valence-corrected chi connectivity index (χ4v) is 2.39. The minimum atomic E-state index is -0.269. The zero-order valence-corrected chi connectivity index (χ0v) is 14.2. The van der Waals surface area contributed by atoms with Crippen LogP contribution in [-0.4, -0.2) is 21.1 Å². The molecule has 0 saturated heterocycles. The largest absolute Gasteiger partial charge is 0.347 e. The second-order valence-corrected chi connectivity index (χ2v) is 5.79. The summed E-state index contributed by atoms with van der Waals surface area (Å²) in [5, 5.41) is 14.1. The highest BCUT2D eigenvalue weighted by Crippen LogP contribution is 2.19. The van der Waals surface area contributed by atoms with E-state index in [4.69, 9.17) is 0 Å². The van der Waals surface area contributed by atoms with Crippen molar-refractivity contribution in [3.05, 3.63) is 77.2 Å². The van der Waals surface area contributed by atoms with Crippen LogP contribution in [0.4, 0.5) is 11.5 Å². The zero-order valence-electron chi connectivity index (χ0n) is 14.2. The van der Waals surface area contributed by atoms with Crippen molar-refractivity contribution in [2.24, 2.45) is 0 Å². The molecule has 3 aromatic rings. The van der Waals surface area contributed by atoms with Gasteiger partial charge in [-0.15, -0.1) is 10.2 Å². The van der Waals surface area contributed by atoms with Gasteiger partial charge in [0.05, 0.1) is 0 Å². The lowest BCUT2D eigenvalue weighted by molar-refractivity contribution is 0.0945. The van der Waals surface area contributed by atoms with Crippen LogP contribution in [0.25, 0.3) is 0 Å². The number of aryl methyl sites for hydroxylation is 2. The summed E-state index contributed by atoms with van der Waals surface area (Å²) in [5.74, 6) is 0.324. The Morgan fingerprint density at radius 1 is 1.08 bits per heavy atom. The van der Waals surface area contributed by atoms with Crippen molar-refractivity contribution >= 4 is 17.4 Å². The van der Waals surface area contributed by atoms with Crippen LogP contribution in [0, 0.1) is 13.8 Å². The highest BCUT2D eigenvalue weighted by atomic mass is 16.1. The molecule has 6 heteroatoms. The first-order chi connectivity index (χ1) is 12.1. The number of nitrogens with zero attached hydrogens (tertiary/aromatic N) is 3. The Morgan fingerprint density at radius 2 is 1.96 bits per heavy atom. The molecule has 0 saturated carbocycles. The Morgan fingerprint density at radius 3 is 2.64 bits per heavy atom. The third-order valence-electron chi connectivity index (χ3n) is 3.72. The second kappa shape index (κ2) is 7.53. The minimum Gasteiger partial charge on any atom is -0.347 e. The number of aromatic nitrogens is 3. The van der Waals surface area contributed by atoms with E-state index in [-0.39, 0.29) is 11.6 Å². The molecule has 2 heterocycles. The number of hydrogen-bond donors (Lipinski definition) is 2. The van der Waals surface area contributed by atoms with Crippen LogP contribution < -0.4 is 10.6 Å². The molecule has 2 N–H and O–H groups in total. The van der Waals surface area contributed by atoms with E-state index in [1.54, 1.807) is 24.5 Å². The molecule has 0 spiro atoms. The Bertz CT molecular complexity index is 863. The number of nitrogens with one attached hydrogen (secondary N) is 2. The first-order valence-corrected chi connectivity index (χ1v) is 7.97. The lowest BCUT2D eigenvalue weighted by atomic mass is 10.1. The first kappa shape index (κ1) is 16.6. The molecule has 0 fully saturated rings. The van der Waals surface area contributed by atoms with Gasteiger partial charge in [0.25, 0.3) is 5.91 Å². The van der Waals surface area contributed by atoms with Gasteiger partial charge in [-0.1, -0.05) is 23.8 Å². The summed E-state index contributed by atoms with van der Waals surface area (Å²) < 4.78 is 0. The summed E-state index contributed by atoms with van der Waals surface area (Å²) in [6.45, 7) is 4.48. The van der Waals surface area contributed by atoms with Crippen molar-refractivity contribution in [1.82, 2.24) is 20.5 Å². The normalized spacial score (nSPS) is 10.3. The summed E-state index contributed by atoms with van der Waals surface area (Å²) in [4.78, 5) is 16.1. The Kier molecular flexibility index (Phi) is 4.99. The van der Waals surface area contributed by atoms with Crippen LogP contribution in [0.3, 0.4) is 0 Å². The maximum atomic E-state index is 12.1. The van der Waals surface area contributed by atoms with Crippen LogP contribution in [0.1, 0.15) is 27.2 Å². The van der Waals surface area contributed by atoms with Crippen LogP contribution >= 0.6 is 0 Å². The first-order valence-electron chi connectivity index (χ1n) is 7.97. The Hall–Kier alpha value is -3.28. The third-order valence-corrected chi connectivity index (χ3v) is 3.72. The van der Waals surface area contributed by atoms with Crippen molar-refractivity contribution < 1.29 is 4.79 Å². The second-order valence-electron chi connectivity index (χ2n) is 5.79. The van der Waals surface area contributed by atoms with Crippen LogP contribution in [0.15, 0.2) is 54.9 Å². The third kappa shape index (κ3) is 4.38. The lowest BCUT2D eigenvalue weighted by Gasteiger charge is -2.09. The van der Waals surface area contributed by atoms with Gasteiger partial charge in [0, 0.05) is 24.6 Å². The topological polar surface area (TPSA) is 79.8 Å². The molecule has 126 valence electrons. The molecule has 0 aliphatic rings. The SMILES string of the molecule is Cc1ccc(Nc2ccc(C(=O)NCc3cccnc3)nn2)c(C)c1. The molecular weight excluding hydrogens is 314 g/mol. The van der Waals surface area contributed by atoms with Gasteiger partial charge in [0.15, 0.2) is 11.5 Å². The number of hydrogen-bond acceptors (Lipinski definition) is 5. The van der Waals surface area contributed by atoms with Crippen molar-refractivity contribution in [1.29, 1.82) is 0 Å². The number of rotatable bonds is 5. The molecule has 0 radical (unpaired) electrons. The van der Waals surface area contributed by atoms with E-state index in [0.717, 1.165) is 16.8 Å².